The van der Waals surface area contributed by atoms with Crippen LogP contribution in [0.1, 0.15) is 75.2 Å². The number of carbonyl (C=O) groups excluding carboxylic acids is 5. The van der Waals surface area contributed by atoms with Gasteiger partial charge in [0.2, 0.25) is 17.6 Å². The van der Waals surface area contributed by atoms with Crippen molar-refractivity contribution in [3.05, 3.63) is 12.7 Å². The van der Waals surface area contributed by atoms with Crippen molar-refractivity contribution in [3.8, 4) is 0 Å². The van der Waals surface area contributed by atoms with Crippen LogP contribution in [0.25, 0.3) is 0 Å². The van der Waals surface area contributed by atoms with Crippen LogP contribution in [0.5, 0.6) is 0 Å². The summed E-state index contributed by atoms with van der Waals surface area (Å²) in [5.74, 6) is -2.66. The largest absolute Gasteiger partial charge is 0.346 e. The van der Waals surface area contributed by atoms with E-state index in [1.54, 1.807) is 0 Å². The Bertz CT molecular complexity index is 1350. The molecule has 6 atom stereocenters. The van der Waals surface area contributed by atoms with E-state index >= 15 is 0 Å². The average Bonchev–Trinajstić information content (AvgIpc) is 3.27. The molecule has 1 saturated carbocycles. The van der Waals surface area contributed by atoms with Crippen molar-refractivity contribution < 1.29 is 32.4 Å². The van der Waals surface area contributed by atoms with Crippen molar-refractivity contribution in [2.45, 2.75) is 99.3 Å². The Morgan fingerprint density at radius 1 is 0.979 bits per heavy atom. The third-order valence-corrected chi connectivity index (χ3v) is 11.5. The number of amides is 5. The molecule has 48 heavy (non-hydrogen) atoms. The van der Waals surface area contributed by atoms with Gasteiger partial charge in [0.25, 0.3) is 16.1 Å². The summed E-state index contributed by atoms with van der Waals surface area (Å²) < 4.78 is 27.7. The fourth-order valence-corrected chi connectivity index (χ4v) is 7.24. The Labute approximate surface area is 287 Å². The summed E-state index contributed by atoms with van der Waals surface area (Å²) in [6.07, 6.45) is 2.23. The molecule has 2 aliphatic rings. The topological polar surface area (TPSA) is 177 Å². The Morgan fingerprint density at radius 3 is 2.04 bits per heavy atom. The zero-order valence-electron chi connectivity index (χ0n) is 30.9. The molecule has 1 aliphatic carbocycles. The van der Waals surface area contributed by atoms with Crippen molar-refractivity contribution in [1.29, 1.82) is 0 Å². The van der Waals surface area contributed by atoms with Gasteiger partial charge in [0.05, 0.1) is 6.04 Å². The maximum atomic E-state index is 14.3. The molecule has 0 aromatic rings. The number of piperidine rings is 1. The van der Waals surface area contributed by atoms with Gasteiger partial charge in [0.1, 0.15) is 12.1 Å². The molecule has 15 heteroatoms. The number of hydrogen-bond donors (Lipinski definition) is 4. The van der Waals surface area contributed by atoms with Gasteiger partial charge < -0.3 is 26.2 Å². The summed E-state index contributed by atoms with van der Waals surface area (Å²) in [5, 5.41) is 10.9. The summed E-state index contributed by atoms with van der Waals surface area (Å²) in [6, 6.07) is -4.28. The summed E-state index contributed by atoms with van der Waals surface area (Å²) >= 11 is 0. The minimum atomic E-state index is -3.74. The Kier molecular flexibility index (Phi) is 13.1. The monoisotopic (exact) mass is 697 g/mol. The van der Waals surface area contributed by atoms with Gasteiger partial charge >= 0.3 is 6.03 Å². The van der Waals surface area contributed by atoms with E-state index in [2.05, 4.69) is 27.8 Å². The Hall–Kier alpha value is -3.04. The third kappa shape index (κ3) is 9.35. The van der Waals surface area contributed by atoms with E-state index in [1.807, 2.05) is 62.3 Å². The van der Waals surface area contributed by atoms with E-state index in [9.17, 15) is 32.4 Å². The minimum Gasteiger partial charge on any atom is -0.346 e. The number of rotatable bonds is 15. The molecular weight excluding hydrogens is 638 g/mol. The first kappa shape index (κ1) is 41.1. The van der Waals surface area contributed by atoms with Crippen LogP contribution in [0.2, 0.25) is 0 Å². The van der Waals surface area contributed by atoms with Crippen LogP contribution in [0.15, 0.2) is 12.7 Å². The fourth-order valence-electron chi connectivity index (χ4n) is 6.35. The zero-order chi connectivity index (χ0) is 37.2. The van der Waals surface area contributed by atoms with Crippen LogP contribution in [0.3, 0.4) is 0 Å². The molecule has 1 unspecified atom stereocenters. The standard InChI is InChI=1S/C33H59N7O7S/c1-14-16-21(25(41)28(43)34-17-15-2)35-27(42)24-23-20(33(23,9)10)18-40(24)29(44)26(32(6,7)8)37-30(45)36-22(31(3,4)5)19-39(13)48(46,47)38(11)12/h15,20-24,26H,2,14,16-19H2,1,3-13H3,(H,34,43)(H,35,42)(H2,36,37,45)/t20-,21?,22+,23-,24-,26+/m0/s1. The first-order valence-corrected chi connectivity index (χ1v) is 18.0. The number of Topliss-reactive ketones (excluding diaryl/α,β-unsaturated/α-hetero) is 1. The van der Waals surface area contributed by atoms with Gasteiger partial charge in [-0.3, -0.25) is 19.2 Å². The van der Waals surface area contributed by atoms with E-state index in [0.29, 0.717) is 13.0 Å². The lowest BCUT2D eigenvalue weighted by atomic mass is 9.85. The number of fused-ring (bicyclic) bond motifs is 1. The van der Waals surface area contributed by atoms with Crippen molar-refractivity contribution in [3.63, 3.8) is 0 Å². The molecule has 0 aromatic carbocycles. The number of nitrogens with zero attached hydrogens (tertiary/aromatic N) is 3. The first-order valence-electron chi connectivity index (χ1n) is 16.6. The molecule has 1 aliphatic heterocycles. The van der Waals surface area contributed by atoms with Crippen LogP contribution in [-0.2, 0) is 29.4 Å². The van der Waals surface area contributed by atoms with Crippen LogP contribution >= 0.6 is 0 Å². The van der Waals surface area contributed by atoms with Crippen LogP contribution in [-0.4, -0.2) is 116 Å². The molecule has 14 nitrogen and oxygen atoms in total. The summed E-state index contributed by atoms with van der Waals surface area (Å²) in [7, 11) is 0.552. The van der Waals surface area contributed by atoms with Gasteiger partial charge in [-0.1, -0.05) is 74.8 Å². The molecule has 2 fully saturated rings. The van der Waals surface area contributed by atoms with E-state index in [4.69, 9.17) is 0 Å². The fraction of sp³-hybridized carbons (Fsp3) is 0.788. The lowest BCUT2D eigenvalue weighted by Gasteiger charge is -2.39. The van der Waals surface area contributed by atoms with Gasteiger partial charge in [-0.15, -0.1) is 6.58 Å². The van der Waals surface area contributed by atoms with E-state index in [-0.39, 0.29) is 36.8 Å². The van der Waals surface area contributed by atoms with E-state index < -0.39 is 74.7 Å². The van der Waals surface area contributed by atoms with Crippen molar-refractivity contribution in [1.82, 2.24) is 34.8 Å². The van der Waals surface area contributed by atoms with Crippen molar-refractivity contribution >= 4 is 39.7 Å². The summed E-state index contributed by atoms with van der Waals surface area (Å²) in [6.45, 7) is 20.9. The number of ketones is 1. The summed E-state index contributed by atoms with van der Waals surface area (Å²) in [4.78, 5) is 68.7. The van der Waals surface area contributed by atoms with Gasteiger partial charge in [-0.05, 0) is 34.5 Å². The lowest BCUT2D eigenvalue weighted by molar-refractivity contribution is -0.145. The summed E-state index contributed by atoms with van der Waals surface area (Å²) in [5.41, 5.74) is -1.54. The normalized spacial score (nSPS) is 22.3. The molecule has 1 saturated heterocycles. The SMILES string of the molecule is C=CCNC(=O)C(=O)C(CCC)NC(=O)[C@@H]1[C@@H]2[C@H](CN1C(=O)[C@@H](NC(=O)N[C@H](CN(C)S(=O)(=O)N(C)C)C(C)(C)C)C(C)(C)C)C2(C)C. The van der Waals surface area contributed by atoms with E-state index in [0.717, 1.165) is 8.61 Å². The van der Waals surface area contributed by atoms with Gasteiger partial charge in [-0.2, -0.15) is 17.0 Å². The molecule has 1 heterocycles. The maximum Gasteiger partial charge on any atom is 0.315 e. The Morgan fingerprint density at radius 2 is 1.56 bits per heavy atom. The Balaban J connectivity index is 2.34. The predicted molar refractivity (Wildman–Crippen MR) is 185 cm³/mol. The van der Waals surface area contributed by atoms with Crippen LogP contribution in [0.4, 0.5) is 4.79 Å². The maximum absolute atomic E-state index is 14.3. The molecule has 0 radical (unpaired) electrons. The van der Waals surface area contributed by atoms with Crippen LogP contribution in [0, 0.1) is 28.1 Å². The molecule has 274 valence electrons. The van der Waals surface area contributed by atoms with Crippen molar-refractivity contribution in [2.24, 2.45) is 28.1 Å². The number of carbonyl (C=O) groups is 5. The second kappa shape index (κ2) is 15.2. The molecule has 0 spiro atoms. The van der Waals surface area contributed by atoms with Crippen LogP contribution < -0.4 is 21.3 Å². The third-order valence-electron chi connectivity index (χ3n) is 9.64. The number of hydrogen-bond acceptors (Lipinski definition) is 7. The molecule has 5 amide bonds. The minimum absolute atomic E-state index is 0.0123. The molecular formula is C33H59N7O7S. The van der Waals surface area contributed by atoms with Gasteiger partial charge in [0, 0.05) is 46.8 Å². The number of likely N-dealkylation sites (N-methyl/N-ethyl adjacent to an activating group) is 1. The highest BCUT2D eigenvalue weighted by Gasteiger charge is 2.70. The highest BCUT2D eigenvalue weighted by molar-refractivity contribution is 7.86. The number of urea groups is 1. The molecule has 2 rings (SSSR count). The van der Waals surface area contributed by atoms with Crippen molar-refractivity contribution in [2.75, 3.05) is 40.8 Å². The van der Waals surface area contributed by atoms with E-state index in [1.165, 1.54) is 32.1 Å². The average molecular weight is 698 g/mol. The molecule has 0 bridgehead atoms. The zero-order valence-corrected chi connectivity index (χ0v) is 31.7. The number of likely N-dealkylation sites (tertiary alicyclic amines) is 1. The predicted octanol–water partition coefficient (Wildman–Crippen LogP) is 1.49. The lowest BCUT2D eigenvalue weighted by Crippen LogP contribution is -2.62. The molecule has 4 N–H and O–H groups in total. The number of nitrogens with one attached hydrogen (secondary N) is 4. The second-order valence-corrected chi connectivity index (χ2v) is 18.3. The van der Waals surface area contributed by atoms with Gasteiger partial charge in [-0.25, -0.2) is 4.79 Å². The highest BCUT2D eigenvalue weighted by Crippen LogP contribution is 2.65. The molecule has 0 aromatic heterocycles. The highest BCUT2D eigenvalue weighted by atomic mass is 32.2. The first-order chi connectivity index (χ1) is 21.8. The smallest absolute Gasteiger partial charge is 0.315 e. The van der Waals surface area contributed by atoms with Gasteiger partial charge in [0.15, 0.2) is 0 Å². The quantitative estimate of drug-likeness (QED) is 0.148. The second-order valence-electron chi connectivity index (χ2n) is 16.0.